The zero-order valence-electron chi connectivity index (χ0n) is 24.6. The lowest BCUT2D eigenvalue weighted by Crippen LogP contribution is -2.58. The number of ether oxygens (including phenoxy) is 1. The number of oxime groups is 1. The first-order chi connectivity index (χ1) is 21.4. The Balaban J connectivity index is 1.41. The fourth-order valence-corrected chi connectivity index (χ4v) is 6.32. The molecule has 3 aliphatic rings. The minimum Gasteiger partial charge on any atom is -0.503 e. The lowest BCUT2D eigenvalue weighted by Gasteiger charge is -2.45. The Kier molecular flexibility index (Phi) is 7.45. The van der Waals surface area contributed by atoms with E-state index in [0.29, 0.717) is 43.1 Å². The molecule has 1 saturated heterocycles. The highest BCUT2D eigenvalue weighted by Crippen LogP contribution is 2.47. The molecule has 2 amide bonds. The number of hydrogen-bond donors (Lipinski definition) is 2. The van der Waals surface area contributed by atoms with Gasteiger partial charge in [-0.3, -0.25) is 14.4 Å². The number of pyridine rings is 1. The Bertz CT molecular complexity index is 1770. The Morgan fingerprint density at radius 1 is 1.18 bits per heavy atom. The third-order valence-electron chi connectivity index (χ3n) is 8.81. The molecule has 3 atom stereocenters. The minimum atomic E-state index is -1.22. The van der Waals surface area contributed by atoms with Gasteiger partial charge in [-0.25, -0.2) is 13.2 Å². The standard InChI is InChI=1S/C31H30F3N5O6/c1-16-8-9-31(39(17(2)36-45-31)13-18-4-6-20(44-3)7-5-18)25-15-37(16)30(43)26-28(41)27(40)22(14-38(25)26)29(42)35-12-21-23(33)10-19(32)11-24(21)34/h4-7,10-11,14,16,25,41H,8-9,12-13,15H2,1-3H3,(H,35,42)/t16-,25+,31+/m0/s1. The molecule has 1 spiro atoms. The maximum absolute atomic E-state index is 14.2. The number of hydrogen-bond acceptors (Lipinski definition) is 8. The highest BCUT2D eigenvalue weighted by molar-refractivity contribution is 5.99. The first kappa shape index (κ1) is 30.0. The molecule has 4 heterocycles. The van der Waals surface area contributed by atoms with Gasteiger partial charge in [0.25, 0.3) is 11.8 Å². The van der Waals surface area contributed by atoms with Crippen LogP contribution in [-0.2, 0) is 17.9 Å². The lowest BCUT2D eigenvalue weighted by molar-refractivity contribution is -0.142. The molecule has 2 bridgehead atoms. The summed E-state index contributed by atoms with van der Waals surface area (Å²) in [6, 6.07) is 7.37. The Labute approximate surface area is 255 Å². The molecular weight excluding hydrogens is 595 g/mol. The number of nitrogens with one attached hydrogen (secondary N) is 1. The third-order valence-corrected chi connectivity index (χ3v) is 8.81. The van der Waals surface area contributed by atoms with Crippen molar-refractivity contribution in [1.29, 1.82) is 0 Å². The van der Waals surface area contributed by atoms with Gasteiger partial charge < -0.3 is 34.4 Å². The molecule has 0 saturated carbocycles. The van der Waals surface area contributed by atoms with E-state index in [0.717, 1.165) is 11.8 Å². The van der Waals surface area contributed by atoms with Gasteiger partial charge in [-0.2, -0.15) is 0 Å². The summed E-state index contributed by atoms with van der Waals surface area (Å²) in [5.41, 5.74) is -2.89. The highest BCUT2D eigenvalue weighted by Gasteiger charge is 2.57. The number of aromatic nitrogens is 1. The predicted molar refractivity (Wildman–Crippen MR) is 154 cm³/mol. The maximum Gasteiger partial charge on any atom is 0.274 e. The van der Waals surface area contributed by atoms with Gasteiger partial charge in [0.1, 0.15) is 40.6 Å². The van der Waals surface area contributed by atoms with Crippen molar-refractivity contribution in [1.82, 2.24) is 19.7 Å². The van der Waals surface area contributed by atoms with Crippen LogP contribution in [0, 0.1) is 17.5 Å². The minimum absolute atomic E-state index is 0.115. The topological polar surface area (TPSA) is 126 Å². The monoisotopic (exact) mass is 625 g/mol. The number of amides is 2. The van der Waals surface area contributed by atoms with Crippen LogP contribution in [0.5, 0.6) is 11.5 Å². The Morgan fingerprint density at radius 2 is 1.87 bits per heavy atom. The van der Waals surface area contributed by atoms with Crippen molar-refractivity contribution in [3.63, 3.8) is 0 Å². The molecule has 2 N–H and O–H groups in total. The van der Waals surface area contributed by atoms with E-state index in [-0.39, 0.29) is 18.3 Å². The molecule has 1 aromatic heterocycles. The summed E-state index contributed by atoms with van der Waals surface area (Å²) in [7, 11) is 1.57. The molecule has 0 unspecified atom stereocenters. The van der Waals surface area contributed by atoms with Gasteiger partial charge in [0.2, 0.25) is 11.2 Å². The number of aromatic hydroxyl groups is 1. The van der Waals surface area contributed by atoms with Crippen LogP contribution in [0.3, 0.4) is 0 Å². The lowest BCUT2D eigenvalue weighted by atomic mass is 9.93. The normalized spacial score (nSPS) is 22.1. The van der Waals surface area contributed by atoms with E-state index in [1.807, 2.05) is 36.1 Å². The van der Waals surface area contributed by atoms with Crippen LogP contribution in [0.2, 0.25) is 0 Å². The largest absolute Gasteiger partial charge is 0.503 e. The van der Waals surface area contributed by atoms with Crippen LogP contribution < -0.4 is 15.5 Å². The molecule has 0 radical (unpaired) electrons. The predicted octanol–water partition coefficient (Wildman–Crippen LogP) is 3.65. The fraction of sp³-hybridized carbons (Fsp3) is 0.355. The van der Waals surface area contributed by atoms with Crippen molar-refractivity contribution in [2.75, 3.05) is 13.7 Å². The average molecular weight is 626 g/mol. The summed E-state index contributed by atoms with van der Waals surface area (Å²) < 4.78 is 48.4. The molecule has 11 nitrogen and oxygen atoms in total. The number of benzene rings is 2. The summed E-state index contributed by atoms with van der Waals surface area (Å²) in [5.74, 6) is -4.91. The van der Waals surface area contributed by atoms with Crippen LogP contribution in [0.1, 0.15) is 64.7 Å². The van der Waals surface area contributed by atoms with Crippen LogP contribution in [0.4, 0.5) is 13.2 Å². The van der Waals surface area contributed by atoms with E-state index in [2.05, 4.69) is 10.5 Å². The summed E-state index contributed by atoms with van der Waals surface area (Å²) in [5, 5.41) is 17.7. The number of carbonyl (C=O) groups excluding carboxylic acids is 2. The molecule has 0 aliphatic carbocycles. The molecule has 14 heteroatoms. The molecule has 3 aliphatic heterocycles. The number of methoxy groups -OCH3 is 1. The second-order valence-corrected chi connectivity index (χ2v) is 11.4. The Hall–Kier alpha value is -5.01. The van der Waals surface area contributed by atoms with Gasteiger partial charge in [-0.15, -0.1) is 0 Å². The van der Waals surface area contributed by atoms with E-state index in [4.69, 9.17) is 9.57 Å². The van der Waals surface area contributed by atoms with Gasteiger partial charge >= 0.3 is 0 Å². The Morgan fingerprint density at radius 3 is 2.53 bits per heavy atom. The van der Waals surface area contributed by atoms with E-state index < -0.39 is 69.9 Å². The second kappa shape index (κ2) is 11.2. The van der Waals surface area contributed by atoms with Crippen molar-refractivity contribution < 1.29 is 37.4 Å². The third kappa shape index (κ3) is 4.93. The summed E-state index contributed by atoms with van der Waals surface area (Å²) in [6.45, 7) is 3.42. The van der Waals surface area contributed by atoms with Crippen molar-refractivity contribution in [2.45, 2.75) is 57.6 Å². The van der Waals surface area contributed by atoms with Gasteiger partial charge in [-0.1, -0.05) is 17.3 Å². The maximum atomic E-state index is 14.2. The first-order valence-corrected chi connectivity index (χ1v) is 14.3. The average Bonchev–Trinajstić information content (AvgIpc) is 3.24. The zero-order valence-corrected chi connectivity index (χ0v) is 24.6. The van der Waals surface area contributed by atoms with Crippen LogP contribution in [0.15, 0.2) is 52.5 Å². The molecular formula is C31H30F3N5O6. The van der Waals surface area contributed by atoms with Crippen molar-refractivity contribution in [2.24, 2.45) is 5.16 Å². The smallest absolute Gasteiger partial charge is 0.274 e. The van der Waals surface area contributed by atoms with E-state index in [1.54, 1.807) is 18.9 Å². The number of fused-ring (bicyclic) bond motifs is 5. The molecule has 1 fully saturated rings. The summed E-state index contributed by atoms with van der Waals surface area (Å²) in [4.78, 5) is 49.9. The van der Waals surface area contributed by atoms with Crippen LogP contribution >= 0.6 is 0 Å². The molecule has 3 aromatic rings. The van der Waals surface area contributed by atoms with Crippen LogP contribution in [-0.4, -0.2) is 62.5 Å². The number of carbonyl (C=O) groups is 2. The summed E-state index contributed by atoms with van der Waals surface area (Å²) in [6.07, 6.45) is 2.06. The first-order valence-electron chi connectivity index (χ1n) is 14.3. The number of amidine groups is 1. The zero-order chi connectivity index (χ0) is 32.2. The van der Waals surface area contributed by atoms with E-state index in [1.165, 1.54) is 4.57 Å². The second-order valence-electron chi connectivity index (χ2n) is 11.4. The quantitative estimate of drug-likeness (QED) is 0.429. The number of rotatable bonds is 6. The van der Waals surface area contributed by atoms with Gasteiger partial charge in [0, 0.05) is 56.0 Å². The SMILES string of the molecule is COc1ccc(CN2C(C)=NO[C@@]23CC[C@H](C)N2C[C@H]3n3cc(C(=O)NCc4c(F)cc(F)cc4F)c(=O)c(O)c3C2=O)cc1. The van der Waals surface area contributed by atoms with Gasteiger partial charge in [0.05, 0.1) is 7.11 Å². The molecule has 2 aromatic carbocycles. The molecule has 236 valence electrons. The van der Waals surface area contributed by atoms with E-state index >= 15 is 0 Å². The van der Waals surface area contributed by atoms with Crippen LogP contribution in [0.25, 0.3) is 0 Å². The van der Waals surface area contributed by atoms with Crippen molar-refractivity contribution in [3.8, 4) is 11.5 Å². The number of nitrogens with zero attached hydrogens (tertiary/aromatic N) is 4. The van der Waals surface area contributed by atoms with E-state index in [9.17, 15) is 32.7 Å². The highest BCUT2D eigenvalue weighted by atomic mass is 19.1. The van der Waals surface area contributed by atoms with Crippen molar-refractivity contribution in [3.05, 3.63) is 92.7 Å². The van der Waals surface area contributed by atoms with Crippen molar-refractivity contribution >= 4 is 17.6 Å². The molecule has 6 rings (SSSR count). The summed E-state index contributed by atoms with van der Waals surface area (Å²) >= 11 is 0. The van der Waals surface area contributed by atoms with Gasteiger partial charge in [0.15, 0.2) is 11.4 Å². The molecule has 45 heavy (non-hydrogen) atoms. The number of halogens is 3. The fourth-order valence-electron chi connectivity index (χ4n) is 6.32. The van der Waals surface area contributed by atoms with Gasteiger partial charge in [-0.05, 0) is 38.0 Å².